The zero-order valence-electron chi connectivity index (χ0n) is 10.7. The molecule has 0 aromatic heterocycles. The second kappa shape index (κ2) is 4.59. The Balaban J connectivity index is 1.95. The van der Waals surface area contributed by atoms with E-state index in [1.165, 1.54) is 0 Å². The van der Waals surface area contributed by atoms with Crippen LogP contribution in [0.1, 0.15) is 25.7 Å². The molecule has 1 aliphatic heterocycles. The van der Waals surface area contributed by atoms with Crippen LogP contribution in [0.5, 0.6) is 0 Å². The minimum absolute atomic E-state index is 0.133. The van der Waals surface area contributed by atoms with Gasteiger partial charge in [0.1, 0.15) is 11.3 Å². The molecule has 1 heterocycles. The zero-order chi connectivity index (χ0) is 14.3. The van der Waals surface area contributed by atoms with Crippen molar-refractivity contribution in [2.75, 3.05) is 4.90 Å². The van der Waals surface area contributed by atoms with Gasteiger partial charge in [-0.05, 0) is 25.0 Å². The van der Waals surface area contributed by atoms with Gasteiger partial charge in [-0.1, -0.05) is 23.7 Å². The number of anilines is 1. The molecule has 2 fully saturated rings. The van der Waals surface area contributed by atoms with E-state index in [0.717, 1.165) is 4.90 Å². The van der Waals surface area contributed by atoms with Gasteiger partial charge in [-0.3, -0.25) is 9.59 Å². The summed E-state index contributed by atoms with van der Waals surface area (Å²) < 4.78 is 0. The molecule has 0 bridgehead atoms. The molecule has 0 unspecified atom stereocenters. The van der Waals surface area contributed by atoms with E-state index >= 15 is 0 Å². The first kappa shape index (κ1) is 13.1. The van der Waals surface area contributed by atoms with Crippen LogP contribution in [-0.2, 0) is 9.59 Å². The number of benzene rings is 1. The number of urea groups is 1. The molecule has 20 heavy (non-hydrogen) atoms. The minimum atomic E-state index is -0.940. The predicted molar refractivity (Wildman–Crippen MR) is 73.7 cm³/mol. The molecule has 1 aromatic rings. The maximum absolute atomic E-state index is 12.6. The topological polar surface area (TPSA) is 66.5 Å². The minimum Gasteiger partial charge on any atom is -0.323 e. The van der Waals surface area contributed by atoms with E-state index in [1.54, 1.807) is 24.3 Å². The average molecular weight is 293 g/mol. The maximum Gasteiger partial charge on any atom is 0.329 e. The summed E-state index contributed by atoms with van der Waals surface area (Å²) in [7, 11) is 0. The van der Waals surface area contributed by atoms with Crippen molar-refractivity contribution < 1.29 is 14.4 Å². The number of hydrogen-bond donors (Lipinski definition) is 1. The van der Waals surface area contributed by atoms with Gasteiger partial charge in [0.05, 0.1) is 10.7 Å². The van der Waals surface area contributed by atoms with E-state index in [-0.39, 0.29) is 11.7 Å². The molecule has 5 nitrogen and oxygen atoms in total. The molecule has 2 aliphatic rings. The van der Waals surface area contributed by atoms with E-state index in [0.29, 0.717) is 36.4 Å². The Hall–Kier alpha value is -1.88. The van der Waals surface area contributed by atoms with Gasteiger partial charge in [-0.2, -0.15) is 0 Å². The molecular formula is C14H13ClN2O3. The molecule has 1 saturated heterocycles. The number of carbonyl (C=O) groups excluding carboxylic acids is 3. The number of nitrogens with one attached hydrogen (secondary N) is 1. The van der Waals surface area contributed by atoms with Crippen molar-refractivity contribution in [2.45, 2.75) is 31.2 Å². The van der Waals surface area contributed by atoms with Crippen LogP contribution in [0.2, 0.25) is 5.02 Å². The highest BCUT2D eigenvalue weighted by atomic mass is 35.5. The quantitative estimate of drug-likeness (QED) is 0.808. The summed E-state index contributed by atoms with van der Waals surface area (Å²) >= 11 is 6.06. The number of amides is 3. The molecule has 104 valence electrons. The monoisotopic (exact) mass is 292 g/mol. The van der Waals surface area contributed by atoms with E-state index in [9.17, 15) is 14.4 Å². The molecule has 1 aromatic carbocycles. The molecular weight excluding hydrogens is 280 g/mol. The second-order valence-electron chi connectivity index (χ2n) is 5.14. The molecule has 3 rings (SSSR count). The van der Waals surface area contributed by atoms with Crippen LogP contribution in [0.3, 0.4) is 0 Å². The number of rotatable bonds is 1. The van der Waals surface area contributed by atoms with Crippen molar-refractivity contribution in [3.8, 4) is 0 Å². The first-order valence-electron chi connectivity index (χ1n) is 6.46. The van der Waals surface area contributed by atoms with E-state index < -0.39 is 11.6 Å². The third kappa shape index (κ3) is 1.89. The molecule has 1 spiro atoms. The Morgan fingerprint density at radius 2 is 1.75 bits per heavy atom. The SMILES string of the molecule is O=C1CCC2(CC1)NC(=O)N(c1ccccc1Cl)C2=O. The van der Waals surface area contributed by atoms with Gasteiger partial charge in [0, 0.05) is 12.8 Å². The van der Waals surface area contributed by atoms with Gasteiger partial charge in [0.15, 0.2) is 0 Å². The lowest BCUT2D eigenvalue weighted by atomic mass is 9.81. The highest BCUT2D eigenvalue weighted by molar-refractivity contribution is 6.36. The van der Waals surface area contributed by atoms with Gasteiger partial charge in [-0.25, -0.2) is 9.69 Å². The van der Waals surface area contributed by atoms with Crippen LogP contribution < -0.4 is 10.2 Å². The Morgan fingerprint density at radius 3 is 2.40 bits per heavy atom. The van der Waals surface area contributed by atoms with Gasteiger partial charge in [0.2, 0.25) is 0 Å². The largest absolute Gasteiger partial charge is 0.329 e. The predicted octanol–water partition coefficient (Wildman–Crippen LogP) is 2.28. The third-order valence-electron chi connectivity index (χ3n) is 3.92. The Kier molecular flexibility index (Phi) is 3.01. The molecule has 6 heteroatoms. The fourth-order valence-electron chi connectivity index (χ4n) is 2.77. The van der Waals surface area contributed by atoms with E-state index in [4.69, 9.17) is 11.6 Å². The summed E-state index contributed by atoms with van der Waals surface area (Å²) in [4.78, 5) is 37.2. The van der Waals surface area contributed by atoms with Gasteiger partial charge in [-0.15, -0.1) is 0 Å². The van der Waals surface area contributed by atoms with E-state index in [2.05, 4.69) is 5.32 Å². The first-order valence-corrected chi connectivity index (χ1v) is 6.84. The lowest BCUT2D eigenvalue weighted by molar-refractivity contribution is -0.127. The normalized spacial score (nSPS) is 21.4. The fourth-order valence-corrected chi connectivity index (χ4v) is 2.99. The summed E-state index contributed by atoms with van der Waals surface area (Å²) in [6.07, 6.45) is 1.36. The lowest BCUT2D eigenvalue weighted by Gasteiger charge is -2.29. The molecule has 1 aliphatic carbocycles. The molecule has 1 N–H and O–H groups in total. The first-order chi connectivity index (χ1) is 9.53. The summed E-state index contributed by atoms with van der Waals surface area (Å²) in [6, 6.07) is 6.24. The third-order valence-corrected chi connectivity index (χ3v) is 4.24. The Bertz CT molecular complexity index is 604. The van der Waals surface area contributed by atoms with Crippen LogP contribution in [0.25, 0.3) is 0 Å². The highest BCUT2D eigenvalue weighted by Crippen LogP contribution is 2.36. The van der Waals surface area contributed by atoms with Crippen molar-refractivity contribution in [1.29, 1.82) is 0 Å². The lowest BCUT2D eigenvalue weighted by Crippen LogP contribution is -2.49. The summed E-state index contributed by atoms with van der Waals surface area (Å²) in [5, 5.41) is 3.09. The van der Waals surface area contributed by atoms with Gasteiger partial charge >= 0.3 is 6.03 Å². The fraction of sp³-hybridized carbons (Fsp3) is 0.357. The van der Waals surface area contributed by atoms with Crippen molar-refractivity contribution in [1.82, 2.24) is 5.32 Å². The number of imide groups is 1. The number of hydrogen-bond acceptors (Lipinski definition) is 3. The van der Waals surface area contributed by atoms with Crippen LogP contribution in [0.15, 0.2) is 24.3 Å². The number of para-hydroxylation sites is 1. The molecule has 3 amide bonds. The molecule has 1 saturated carbocycles. The molecule has 0 atom stereocenters. The standard InChI is InChI=1S/C14H13ClN2O3/c15-10-3-1-2-4-11(10)17-12(19)14(16-13(17)20)7-5-9(18)6-8-14/h1-4H,5-8H2,(H,16,20). The Morgan fingerprint density at radius 1 is 1.10 bits per heavy atom. The van der Waals surface area contributed by atoms with Crippen LogP contribution in [-0.4, -0.2) is 23.3 Å². The number of Topliss-reactive ketones (excluding diaryl/α,β-unsaturated/α-hetero) is 1. The number of carbonyl (C=O) groups is 3. The zero-order valence-corrected chi connectivity index (χ0v) is 11.4. The summed E-state index contributed by atoms with van der Waals surface area (Å²) in [5.74, 6) is -0.183. The van der Waals surface area contributed by atoms with Crippen molar-refractivity contribution in [3.05, 3.63) is 29.3 Å². The second-order valence-corrected chi connectivity index (χ2v) is 5.55. The Labute approximate surface area is 120 Å². The van der Waals surface area contributed by atoms with Gasteiger partial charge < -0.3 is 5.32 Å². The van der Waals surface area contributed by atoms with Gasteiger partial charge in [0.25, 0.3) is 5.91 Å². The average Bonchev–Trinajstić information content (AvgIpc) is 2.66. The number of ketones is 1. The van der Waals surface area contributed by atoms with Crippen LogP contribution >= 0.6 is 11.6 Å². The highest BCUT2D eigenvalue weighted by Gasteiger charge is 2.53. The number of halogens is 1. The van der Waals surface area contributed by atoms with Crippen LogP contribution in [0, 0.1) is 0 Å². The van der Waals surface area contributed by atoms with Crippen molar-refractivity contribution in [3.63, 3.8) is 0 Å². The molecule has 0 radical (unpaired) electrons. The van der Waals surface area contributed by atoms with Crippen molar-refractivity contribution >= 4 is 35.0 Å². The summed E-state index contributed by atoms with van der Waals surface area (Å²) in [6.45, 7) is 0. The maximum atomic E-state index is 12.6. The van der Waals surface area contributed by atoms with Crippen LogP contribution in [0.4, 0.5) is 10.5 Å². The summed E-state index contributed by atoms with van der Waals surface area (Å²) in [5.41, 5.74) is -0.560. The van der Waals surface area contributed by atoms with Crippen molar-refractivity contribution in [2.24, 2.45) is 0 Å². The smallest absolute Gasteiger partial charge is 0.323 e. The van der Waals surface area contributed by atoms with E-state index in [1.807, 2.05) is 0 Å². The number of nitrogens with zero attached hydrogens (tertiary/aromatic N) is 1.